The number of hydrogen-bond donors (Lipinski definition) is 1. The van der Waals surface area contributed by atoms with Gasteiger partial charge in [0.2, 0.25) is 0 Å². The van der Waals surface area contributed by atoms with Gasteiger partial charge in [-0.1, -0.05) is 47.6 Å². The van der Waals surface area contributed by atoms with Crippen LogP contribution in [0.3, 0.4) is 0 Å². The minimum atomic E-state index is -3.66. The van der Waals surface area contributed by atoms with Crippen molar-refractivity contribution in [3.05, 3.63) is 72.0 Å². The zero-order valence-electron chi connectivity index (χ0n) is 15.4. The maximum Gasteiger partial charge on any atom is 0.331 e. The Morgan fingerprint density at radius 3 is 2.69 bits per heavy atom. The minimum Gasteiger partial charge on any atom is -0.456 e. The monoisotopic (exact) mass is 411 g/mol. The van der Waals surface area contributed by atoms with E-state index in [9.17, 15) is 13.2 Å². The number of nitrogens with one attached hydrogen (secondary N) is 1. The predicted molar refractivity (Wildman–Crippen MR) is 104 cm³/mol. The van der Waals surface area contributed by atoms with Crippen molar-refractivity contribution < 1.29 is 22.5 Å². The number of aliphatic imine (C=N–C) groups is 1. The van der Waals surface area contributed by atoms with Crippen molar-refractivity contribution in [3.63, 3.8) is 0 Å². The van der Waals surface area contributed by atoms with Gasteiger partial charge in [-0.05, 0) is 19.1 Å². The molecule has 0 aliphatic carbocycles. The highest BCUT2D eigenvalue weighted by Gasteiger charge is 2.31. The second-order valence-electron chi connectivity index (χ2n) is 6.41. The third-order valence-electron chi connectivity index (χ3n) is 4.31. The Morgan fingerprint density at radius 2 is 1.90 bits per heavy atom. The molecule has 29 heavy (non-hydrogen) atoms. The molecule has 0 spiro atoms. The van der Waals surface area contributed by atoms with E-state index in [-0.39, 0.29) is 17.3 Å². The van der Waals surface area contributed by atoms with E-state index >= 15 is 0 Å². The minimum absolute atomic E-state index is 0.101. The second-order valence-corrected chi connectivity index (χ2v) is 8.06. The molecule has 1 atom stereocenters. The number of hydrogen-bond acceptors (Lipinski definition) is 7. The van der Waals surface area contributed by atoms with Crippen molar-refractivity contribution in [2.24, 2.45) is 4.99 Å². The number of sulfonamides is 1. The van der Waals surface area contributed by atoms with Crippen LogP contribution >= 0.6 is 0 Å². The van der Waals surface area contributed by atoms with Crippen molar-refractivity contribution in [2.45, 2.75) is 24.5 Å². The van der Waals surface area contributed by atoms with Gasteiger partial charge in [0.05, 0.1) is 4.90 Å². The summed E-state index contributed by atoms with van der Waals surface area (Å²) in [5.74, 6) is -0.0983. The number of benzene rings is 2. The van der Waals surface area contributed by atoms with Gasteiger partial charge in [0.25, 0.3) is 10.0 Å². The highest BCUT2D eigenvalue weighted by molar-refractivity contribution is 7.90. The number of fused-ring (bicyclic) bond motifs is 1. The first-order valence-corrected chi connectivity index (χ1v) is 10.3. The SMILES string of the molecule is C[C@H](N=C1NS(=O)(=O)c2ccccc21)C(=O)OCc1cc(-c2ccccc2)no1. The van der Waals surface area contributed by atoms with Crippen LogP contribution in [0.5, 0.6) is 0 Å². The lowest BCUT2D eigenvalue weighted by Crippen LogP contribution is -2.26. The van der Waals surface area contributed by atoms with Crippen molar-refractivity contribution in [3.8, 4) is 11.3 Å². The quantitative estimate of drug-likeness (QED) is 0.646. The molecule has 0 saturated carbocycles. The molecule has 0 bridgehead atoms. The normalized spacial score (nSPS) is 16.8. The first-order chi connectivity index (χ1) is 13.9. The number of esters is 1. The van der Waals surface area contributed by atoms with Gasteiger partial charge in [-0.2, -0.15) is 0 Å². The molecule has 1 N–H and O–H groups in total. The van der Waals surface area contributed by atoms with Gasteiger partial charge < -0.3 is 9.26 Å². The van der Waals surface area contributed by atoms with Crippen molar-refractivity contribution in [1.82, 2.24) is 9.88 Å². The average molecular weight is 411 g/mol. The number of ether oxygens (including phenoxy) is 1. The Hall–Kier alpha value is -3.46. The van der Waals surface area contributed by atoms with Crippen LogP contribution in [-0.4, -0.2) is 31.4 Å². The molecular formula is C20H17N3O5S. The predicted octanol–water partition coefficient (Wildman–Crippen LogP) is 2.51. The van der Waals surface area contributed by atoms with Crippen LogP contribution in [0, 0.1) is 0 Å². The number of nitrogens with zero attached hydrogens (tertiary/aromatic N) is 2. The number of carbonyl (C=O) groups is 1. The molecule has 1 aliphatic rings. The smallest absolute Gasteiger partial charge is 0.331 e. The molecule has 2 heterocycles. The molecule has 0 unspecified atom stereocenters. The highest BCUT2D eigenvalue weighted by Crippen LogP contribution is 2.23. The van der Waals surface area contributed by atoms with Crippen molar-refractivity contribution >= 4 is 21.8 Å². The van der Waals surface area contributed by atoms with E-state index in [0.717, 1.165) is 5.56 Å². The summed E-state index contributed by atoms with van der Waals surface area (Å²) in [6.07, 6.45) is 0. The molecule has 148 valence electrons. The van der Waals surface area contributed by atoms with E-state index in [4.69, 9.17) is 9.26 Å². The molecule has 0 amide bonds. The largest absolute Gasteiger partial charge is 0.456 e. The second kappa shape index (κ2) is 7.51. The number of carbonyl (C=O) groups excluding carboxylic acids is 1. The summed E-state index contributed by atoms with van der Waals surface area (Å²) in [7, 11) is -3.66. The fourth-order valence-electron chi connectivity index (χ4n) is 2.86. The zero-order valence-corrected chi connectivity index (χ0v) is 16.2. The first kappa shape index (κ1) is 18.9. The highest BCUT2D eigenvalue weighted by atomic mass is 32.2. The Morgan fingerprint density at radius 1 is 1.17 bits per heavy atom. The zero-order chi connectivity index (χ0) is 20.4. The van der Waals surface area contributed by atoms with Crippen LogP contribution in [0.1, 0.15) is 18.2 Å². The molecule has 0 fully saturated rings. The standard InChI is InChI=1S/C20H17N3O5S/c1-13(21-19-16-9-5-6-10-18(16)29(25,26)23-19)20(24)27-12-15-11-17(22-28-15)14-7-3-2-4-8-14/h2-11,13H,12H2,1H3,(H,21,23)/t13-/m0/s1. The number of aromatic nitrogens is 1. The van der Waals surface area contributed by atoms with Crippen LogP contribution in [-0.2, 0) is 26.2 Å². The Bertz CT molecular complexity index is 1190. The Kier molecular flexibility index (Phi) is 4.89. The maximum atomic E-state index is 12.3. The summed E-state index contributed by atoms with van der Waals surface area (Å²) in [5, 5.41) is 3.96. The van der Waals surface area contributed by atoms with E-state index < -0.39 is 22.0 Å². The molecule has 0 radical (unpaired) electrons. The molecule has 9 heteroatoms. The lowest BCUT2D eigenvalue weighted by atomic mass is 10.1. The number of amidine groups is 1. The van der Waals surface area contributed by atoms with E-state index in [1.807, 2.05) is 30.3 Å². The van der Waals surface area contributed by atoms with E-state index in [2.05, 4.69) is 14.9 Å². The summed E-state index contributed by atoms with van der Waals surface area (Å²) in [6.45, 7) is 1.43. The van der Waals surface area contributed by atoms with Crippen LogP contribution in [0.4, 0.5) is 0 Å². The third-order valence-corrected chi connectivity index (χ3v) is 5.71. The van der Waals surface area contributed by atoms with Crippen LogP contribution in [0.25, 0.3) is 11.3 Å². The van der Waals surface area contributed by atoms with Crippen LogP contribution < -0.4 is 4.72 Å². The summed E-state index contributed by atoms with van der Waals surface area (Å²) in [6, 6.07) is 16.7. The maximum absolute atomic E-state index is 12.3. The lowest BCUT2D eigenvalue weighted by Gasteiger charge is -2.07. The van der Waals surface area contributed by atoms with E-state index in [1.54, 1.807) is 24.3 Å². The molecule has 1 aliphatic heterocycles. The van der Waals surface area contributed by atoms with Gasteiger partial charge in [-0.15, -0.1) is 0 Å². The van der Waals surface area contributed by atoms with E-state index in [0.29, 0.717) is 17.0 Å². The summed E-state index contributed by atoms with van der Waals surface area (Å²) < 4.78 is 37.0. The fraction of sp³-hybridized carbons (Fsp3) is 0.150. The fourth-order valence-corrected chi connectivity index (χ4v) is 4.10. The van der Waals surface area contributed by atoms with Crippen LogP contribution in [0.2, 0.25) is 0 Å². The number of rotatable bonds is 5. The molecular weight excluding hydrogens is 394 g/mol. The third kappa shape index (κ3) is 3.90. The Balaban J connectivity index is 1.42. The van der Waals surface area contributed by atoms with Gasteiger partial charge in [-0.25, -0.2) is 13.2 Å². The molecule has 0 saturated heterocycles. The average Bonchev–Trinajstić information content (AvgIpc) is 3.30. The van der Waals surface area contributed by atoms with E-state index in [1.165, 1.54) is 13.0 Å². The van der Waals surface area contributed by atoms with Gasteiger partial charge in [0, 0.05) is 17.2 Å². The Labute approximate surface area is 167 Å². The van der Waals surface area contributed by atoms with Gasteiger partial charge in [-0.3, -0.25) is 9.71 Å². The van der Waals surface area contributed by atoms with Gasteiger partial charge in [0.1, 0.15) is 17.6 Å². The topological polar surface area (TPSA) is 111 Å². The molecule has 3 aromatic rings. The summed E-state index contributed by atoms with van der Waals surface area (Å²) in [5.41, 5.74) is 1.96. The summed E-state index contributed by atoms with van der Waals surface area (Å²) >= 11 is 0. The van der Waals surface area contributed by atoms with Crippen molar-refractivity contribution in [1.29, 1.82) is 0 Å². The van der Waals surface area contributed by atoms with Crippen molar-refractivity contribution in [2.75, 3.05) is 0 Å². The molecule has 8 nitrogen and oxygen atoms in total. The molecule has 1 aromatic heterocycles. The molecule has 2 aromatic carbocycles. The van der Waals surface area contributed by atoms with Gasteiger partial charge in [0.15, 0.2) is 12.4 Å². The molecule has 4 rings (SSSR count). The lowest BCUT2D eigenvalue weighted by molar-refractivity contribution is -0.146. The first-order valence-electron chi connectivity index (χ1n) is 8.82. The summed E-state index contributed by atoms with van der Waals surface area (Å²) in [4.78, 5) is 16.6. The van der Waals surface area contributed by atoms with Gasteiger partial charge >= 0.3 is 5.97 Å². The van der Waals surface area contributed by atoms with Crippen LogP contribution in [0.15, 0.2) is 75.1 Å².